The van der Waals surface area contributed by atoms with Gasteiger partial charge >= 0.3 is 0 Å². The summed E-state index contributed by atoms with van der Waals surface area (Å²) in [6.07, 6.45) is 7.15. The van der Waals surface area contributed by atoms with E-state index in [9.17, 15) is 0 Å². The van der Waals surface area contributed by atoms with Gasteiger partial charge in [0.1, 0.15) is 0 Å². The second-order valence-corrected chi connectivity index (χ2v) is 6.20. The average Bonchev–Trinajstić information content (AvgIpc) is 2.19. The van der Waals surface area contributed by atoms with E-state index in [-0.39, 0.29) is 6.04 Å². The molecule has 1 nitrogen and oxygen atoms in total. The van der Waals surface area contributed by atoms with Crippen molar-refractivity contribution in [3.05, 3.63) is 12.2 Å². The molecule has 0 aromatic rings. The van der Waals surface area contributed by atoms with Crippen molar-refractivity contribution in [1.29, 1.82) is 0 Å². The van der Waals surface area contributed by atoms with Gasteiger partial charge in [-0.15, -0.1) is 0 Å². The smallest absolute Gasteiger partial charge is 0.0194 e. The topological polar surface area (TPSA) is 26.0 Å². The Bertz CT molecular complexity index is 207. The van der Waals surface area contributed by atoms with Crippen LogP contribution in [0.2, 0.25) is 0 Å². The van der Waals surface area contributed by atoms with E-state index in [1.165, 1.54) is 12.8 Å². The Hall–Kier alpha value is -0.300. The first kappa shape index (κ1) is 11.8. The molecule has 0 aliphatic heterocycles. The molecule has 0 heterocycles. The van der Waals surface area contributed by atoms with Crippen molar-refractivity contribution in [2.45, 2.75) is 53.5 Å². The molecule has 0 aromatic carbocycles. The van der Waals surface area contributed by atoms with Crippen LogP contribution in [-0.4, -0.2) is 6.04 Å². The normalized spacial score (nSPS) is 28.4. The number of hydrogen-bond acceptors (Lipinski definition) is 1. The second-order valence-electron chi connectivity index (χ2n) is 6.20. The lowest BCUT2D eigenvalue weighted by Crippen LogP contribution is -2.26. The molecule has 1 aliphatic carbocycles. The van der Waals surface area contributed by atoms with Crippen LogP contribution in [0.3, 0.4) is 0 Å². The summed E-state index contributed by atoms with van der Waals surface area (Å²) in [7, 11) is 0. The zero-order chi connectivity index (χ0) is 11.0. The molecule has 0 saturated heterocycles. The SMILES string of the molecule is CC(N)/C=C/C1C(C)(C)CCC1(C)C. The zero-order valence-corrected chi connectivity index (χ0v) is 10.3. The van der Waals surface area contributed by atoms with Crippen molar-refractivity contribution in [3.63, 3.8) is 0 Å². The molecule has 1 heteroatoms. The van der Waals surface area contributed by atoms with E-state index >= 15 is 0 Å². The lowest BCUT2D eigenvalue weighted by Gasteiger charge is -2.33. The van der Waals surface area contributed by atoms with E-state index in [0.717, 1.165) is 0 Å². The first-order chi connectivity index (χ1) is 6.26. The minimum atomic E-state index is 0.183. The summed E-state index contributed by atoms with van der Waals surface area (Å²) in [5.41, 5.74) is 6.64. The summed E-state index contributed by atoms with van der Waals surface area (Å²) >= 11 is 0. The Balaban J connectivity index is 2.82. The van der Waals surface area contributed by atoms with Gasteiger partial charge in [-0.1, -0.05) is 39.8 Å². The molecule has 14 heavy (non-hydrogen) atoms. The lowest BCUT2D eigenvalue weighted by molar-refractivity contribution is 0.210. The maximum atomic E-state index is 5.76. The Labute approximate surface area is 88.8 Å². The monoisotopic (exact) mass is 195 g/mol. The molecule has 2 N–H and O–H groups in total. The summed E-state index contributed by atoms with van der Waals surface area (Å²) in [6, 6.07) is 0.183. The second kappa shape index (κ2) is 3.69. The minimum absolute atomic E-state index is 0.183. The van der Waals surface area contributed by atoms with Gasteiger partial charge in [-0.2, -0.15) is 0 Å². The molecule has 82 valence electrons. The average molecular weight is 195 g/mol. The number of hydrogen-bond donors (Lipinski definition) is 1. The molecule has 1 rings (SSSR count). The largest absolute Gasteiger partial charge is 0.325 e. The minimum Gasteiger partial charge on any atom is -0.325 e. The van der Waals surface area contributed by atoms with E-state index in [0.29, 0.717) is 16.7 Å². The van der Waals surface area contributed by atoms with Crippen LogP contribution in [-0.2, 0) is 0 Å². The van der Waals surface area contributed by atoms with Crippen molar-refractivity contribution in [1.82, 2.24) is 0 Å². The van der Waals surface area contributed by atoms with Crippen LogP contribution in [0.25, 0.3) is 0 Å². The predicted octanol–water partition coefficient (Wildman–Crippen LogP) is 3.35. The highest BCUT2D eigenvalue weighted by Gasteiger charge is 2.45. The highest BCUT2D eigenvalue weighted by molar-refractivity contribution is 5.07. The Kier molecular flexibility index (Phi) is 3.10. The third-order valence-corrected chi connectivity index (χ3v) is 3.70. The third-order valence-electron chi connectivity index (χ3n) is 3.70. The molecule has 1 fully saturated rings. The Morgan fingerprint density at radius 3 is 1.93 bits per heavy atom. The van der Waals surface area contributed by atoms with Gasteiger partial charge in [0.05, 0.1) is 0 Å². The molecule has 0 amide bonds. The lowest BCUT2D eigenvalue weighted by atomic mass is 9.72. The van der Waals surface area contributed by atoms with Crippen molar-refractivity contribution >= 4 is 0 Å². The molecule has 0 aromatic heterocycles. The molecular weight excluding hydrogens is 170 g/mol. The van der Waals surface area contributed by atoms with Gasteiger partial charge in [0, 0.05) is 6.04 Å². The van der Waals surface area contributed by atoms with Crippen molar-refractivity contribution in [3.8, 4) is 0 Å². The van der Waals surface area contributed by atoms with E-state index in [2.05, 4.69) is 39.8 Å². The van der Waals surface area contributed by atoms with Gasteiger partial charge < -0.3 is 5.73 Å². The Morgan fingerprint density at radius 2 is 1.57 bits per heavy atom. The van der Waals surface area contributed by atoms with Gasteiger partial charge in [-0.05, 0) is 36.5 Å². The highest BCUT2D eigenvalue weighted by atomic mass is 14.6. The van der Waals surface area contributed by atoms with Crippen LogP contribution in [0.15, 0.2) is 12.2 Å². The van der Waals surface area contributed by atoms with Crippen LogP contribution in [0, 0.1) is 16.7 Å². The molecule has 0 radical (unpaired) electrons. The zero-order valence-electron chi connectivity index (χ0n) is 10.3. The summed E-state index contributed by atoms with van der Waals surface area (Å²) in [5.74, 6) is 0.668. The van der Waals surface area contributed by atoms with E-state index in [1.807, 2.05) is 6.92 Å². The molecule has 1 saturated carbocycles. The first-order valence-electron chi connectivity index (χ1n) is 5.70. The summed E-state index contributed by atoms with van der Waals surface area (Å²) in [5, 5.41) is 0. The summed E-state index contributed by atoms with van der Waals surface area (Å²) in [6.45, 7) is 11.5. The van der Waals surface area contributed by atoms with Crippen molar-refractivity contribution < 1.29 is 0 Å². The van der Waals surface area contributed by atoms with Crippen molar-refractivity contribution in [2.75, 3.05) is 0 Å². The standard InChI is InChI=1S/C13H25N/c1-10(14)6-7-11-12(2,3)8-9-13(11,4)5/h6-7,10-11H,8-9,14H2,1-5H3/b7-6+. The molecule has 0 spiro atoms. The molecule has 1 unspecified atom stereocenters. The van der Waals surface area contributed by atoms with Crippen LogP contribution in [0.5, 0.6) is 0 Å². The third kappa shape index (κ3) is 2.38. The maximum Gasteiger partial charge on any atom is 0.0194 e. The quantitative estimate of drug-likeness (QED) is 0.672. The van der Waals surface area contributed by atoms with Crippen LogP contribution >= 0.6 is 0 Å². The Morgan fingerprint density at radius 1 is 1.14 bits per heavy atom. The van der Waals surface area contributed by atoms with Gasteiger partial charge in [0.2, 0.25) is 0 Å². The van der Waals surface area contributed by atoms with Crippen LogP contribution in [0.1, 0.15) is 47.5 Å². The fourth-order valence-corrected chi connectivity index (χ4v) is 2.82. The van der Waals surface area contributed by atoms with Gasteiger partial charge in [-0.25, -0.2) is 0 Å². The molecular formula is C13H25N. The maximum absolute atomic E-state index is 5.76. The molecule has 0 bridgehead atoms. The van der Waals surface area contributed by atoms with Crippen LogP contribution < -0.4 is 5.73 Å². The van der Waals surface area contributed by atoms with E-state index < -0.39 is 0 Å². The highest BCUT2D eigenvalue weighted by Crippen LogP contribution is 2.54. The fourth-order valence-electron chi connectivity index (χ4n) is 2.82. The van der Waals surface area contributed by atoms with Gasteiger partial charge in [0.15, 0.2) is 0 Å². The fraction of sp³-hybridized carbons (Fsp3) is 0.846. The van der Waals surface area contributed by atoms with Crippen LogP contribution in [0.4, 0.5) is 0 Å². The van der Waals surface area contributed by atoms with Crippen molar-refractivity contribution in [2.24, 2.45) is 22.5 Å². The van der Waals surface area contributed by atoms with E-state index in [1.54, 1.807) is 0 Å². The number of allylic oxidation sites excluding steroid dienone is 1. The molecule has 1 atom stereocenters. The summed E-state index contributed by atoms with van der Waals surface area (Å²) < 4.78 is 0. The predicted molar refractivity (Wildman–Crippen MR) is 63.1 cm³/mol. The molecule has 1 aliphatic rings. The number of nitrogens with two attached hydrogens (primary N) is 1. The first-order valence-corrected chi connectivity index (χ1v) is 5.70. The summed E-state index contributed by atoms with van der Waals surface area (Å²) in [4.78, 5) is 0. The van der Waals surface area contributed by atoms with Gasteiger partial charge in [0.25, 0.3) is 0 Å². The van der Waals surface area contributed by atoms with E-state index in [4.69, 9.17) is 5.73 Å². The number of rotatable bonds is 2. The van der Waals surface area contributed by atoms with Gasteiger partial charge in [-0.3, -0.25) is 0 Å².